The van der Waals surface area contributed by atoms with E-state index in [2.05, 4.69) is 0 Å². The number of phenolic OH excluding ortho intramolecular Hbond substituents is 2. The van der Waals surface area contributed by atoms with Crippen LogP contribution in [0.4, 0.5) is 0 Å². The number of Topliss-reactive ketones (excluding diaryl/α,β-unsaturated/α-hetero) is 1. The maximum absolute atomic E-state index is 11.1. The van der Waals surface area contributed by atoms with Crippen molar-refractivity contribution in [3.05, 3.63) is 41.2 Å². The van der Waals surface area contributed by atoms with Crippen molar-refractivity contribution in [2.75, 3.05) is 14.2 Å². The van der Waals surface area contributed by atoms with Crippen LogP contribution in [-0.4, -0.2) is 102 Å². The first-order valence-corrected chi connectivity index (χ1v) is 18.9. The van der Waals surface area contributed by atoms with E-state index in [4.69, 9.17) is 31.4 Å². The number of benzene rings is 1. The number of carbonyl (C=O) groups is 2. The van der Waals surface area contributed by atoms with Gasteiger partial charge in [-0.3, -0.25) is 9.59 Å². The number of ether oxygens (including phenoxy) is 2. The summed E-state index contributed by atoms with van der Waals surface area (Å²) >= 11 is 2.89. The zero-order valence-corrected chi connectivity index (χ0v) is 23.4. The number of hydrogen-bond donors (Lipinski definition) is 2. The summed E-state index contributed by atoms with van der Waals surface area (Å²) in [6, 6.07) is 2.83. The molecular weight excluding hydrogens is 478 g/mol. The molecule has 0 spiro atoms. The van der Waals surface area contributed by atoms with Gasteiger partial charge in [0.25, 0.3) is 0 Å². The Hall–Kier alpha value is -1.16. The Balaban J connectivity index is -0.000000374. The number of allylic oxidation sites excluding steroid dienone is 3. The number of phenols is 2. The molecule has 15 heteroatoms. The Morgan fingerprint density at radius 3 is 1.74 bits per heavy atom. The molecule has 0 atom stereocenters. The molecule has 0 unspecified atom stereocenters. The number of rotatable bonds is 2. The number of methoxy groups -OCH3 is 2. The minimum atomic E-state index is -2.95. The van der Waals surface area contributed by atoms with E-state index in [1.807, 2.05) is 0 Å². The van der Waals surface area contributed by atoms with E-state index in [-0.39, 0.29) is 34.3 Å². The average molecular weight is 498 g/mol. The summed E-state index contributed by atoms with van der Waals surface area (Å²) in [4.78, 5) is 21.9. The van der Waals surface area contributed by atoms with E-state index in [1.165, 1.54) is 82.1 Å². The first-order chi connectivity index (χ1) is 13.9. The molecule has 164 valence electrons. The summed E-state index contributed by atoms with van der Waals surface area (Å²) in [5.74, 6) is 0.172. The van der Waals surface area contributed by atoms with Crippen LogP contribution in [0.25, 0.3) is 0 Å². The molecule has 11 nitrogen and oxygen atoms in total. The second kappa shape index (κ2) is 18.4. The van der Waals surface area contributed by atoms with Gasteiger partial charge in [-0.2, -0.15) is 16.8 Å². The molecule has 0 saturated carbocycles. The molecule has 31 heavy (non-hydrogen) atoms. The summed E-state index contributed by atoms with van der Waals surface area (Å²) in [5.41, 5.74) is 1.02. The molecule has 0 aliphatic heterocycles. The number of aromatic hydroxyl groups is 2. The van der Waals surface area contributed by atoms with Gasteiger partial charge >= 0.3 is 62.1 Å². The van der Waals surface area contributed by atoms with Gasteiger partial charge in [0, 0.05) is 17.7 Å². The standard InChI is InChI=1S/C8H10O3.C8H8O3.2Na.O4S2.H2O/c2*1-5-3-6(9)4-7(11-2)8(5)10;;;1-5(2)6(3)4;/h3-4,9-10H,1-2H3;3-4H,1-2H3;;;;1H2. The summed E-state index contributed by atoms with van der Waals surface area (Å²) in [6.07, 6.45) is 2.49. The van der Waals surface area contributed by atoms with Crippen molar-refractivity contribution in [1.82, 2.24) is 0 Å². The molecule has 2 rings (SSSR count). The van der Waals surface area contributed by atoms with Crippen LogP contribution in [0, 0.1) is 6.92 Å². The van der Waals surface area contributed by atoms with Crippen molar-refractivity contribution in [2.24, 2.45) is 0 Å². The van der Waals surface area contributed by atoms with Crippen LogP contribution < -0.4 is 4.74 Å². The molecule has 0 radical (unpaired) electrons. The normalized spacial score (nSPS) is 11.4. The van der Waals surface area contributed by atoms with Gasteiger partial charge in [0.1, 0.15) is 5.75 Å². The Labute approximate surface area is 209 Å². The Bertz CT molecular complexity index is 1030. The zero-order valence-electron chi connectivity index (χ0n) is 17.8. The molecule has 1 aromatic carbocycles. The molecule has 0 fully saturated rings. The fraction of sp³-hybridized carbons (Fsp3) is 0.250. The summed E-state index contributed by atoms with van der Waals surface area (Å²) in [6.45, 7) is 3.28. The molecule has 4 N–H and O–H groups in total. The van der Waals surface area contributed by atoms with Crippen molar-refractivity contribution in [3.63, 3.8) is 0 Å². The molecule has 0 aromatic heterocycles. The van der Waals surface area contributed by atoms with Gasteiger partial charge in [0.05, 0.1) is 14.2 Å². The van der Waals surface area contributed by atoms with Gasteiger partial charge in [-0.25, -0.2) is 0 Å². The molecule has 0 saturated heterocycles. The minimum absolute atomic E-state index is 0. The third-order valence-corrected chi connectivity index (χ3v) is 3.90. The number of aryl methyl sites for hydroxylation is 1. The average Bonchev–Trinajstić information content (AvgIpc) is 2.69. The maximum atomic E-state index is 11.1. The summed E-state index contributed by atoms with van der Waals surface area (Å²) < 4.78 is 45.8. The Kier molecular flexibility index (Phi) is 20.5. The van der Waals surface area contributed by atoms with E-state index < -0.39 is 18.5 Å². The van der Waals surface area contributed by atoms with Crippen molar-refractivity contribution in [1.29, 1.82) is 0 Å². The number of ketones is 2. The fourth-order valence-corrected chi connectivity index (χ4v) is 1.75. The van der Waals surface area contributed by atoms with Crippen LogP contribution in [-0.2, 0) is 32.9 Å². The van der Waals surface area contributed by atoms with Gasteiger partial charge in [0.2, 0.25) is 5.78 Å². The van der Waals surface area contributed by atoms with E-state index in [0.717, 1.165) is 0 Å². The van der Waals surface area contributed by atoms with Crippen LogP contribution in [0.2, 0.25) is 0 Å². The van der Waals surface area contributed by atoms with Crippen molar-refractivity contribution in [3.8, 4) is 17.2 Å². The molecule has 0 heterocycles. The first kappa shape index (κ1) is 34.5. The molecular formula is C16H20Na2O11S2. The SMILES string of the molecule is COC1=CC(=O)C=C(C)C1=O.COc1cc(O)cc(C)c1O.O.O=S(=O)=S(=O)=O.[Na][Na]. The fourth-order valence-electron chi connectivity index (χ4n) is 1.75. The van der Waals surface area contributed by atoms with E-state index in [9.17, 15) is 14.7 Å². The second-order valence-electron chi connectivity index (χ2n) is 4.99. The molecule has 1 aliphatic carbocycles. The predicted octanol–water partition coefficient (Wildman–Crippen LogP) is -0.897. The quantitative estimate of drug-likeness (QED) is 0.293. The molecule has 1 aliphatic rings. The van der Waals surface area contributed by atoms with Crippen LogP contribution in [0.1, 0.15) is 12.5 Å². The molecule has 0 bridgehead atoms. The summed E-state index contributed by atoms with van der Waals surface area (Å²) in [5, 5.41) is 18.3. The van der Waals surface area contributed by atoms with Gasteiger partial charge in [-0.15, -0.1) is 0 Å². The first-order valence-electron chi connectivity index (χ1n) is 8.22. The van der Waals surface area contributed by atoms with E-state index >= 15 is 0 Å². The number of carbonyl (C=O) groups excluding carboxylic acids is 2. The second-order valence-corrected chi connectivity index (χ2v) is 7.44. The van der Waals surface area contributed by atoms with Crippen molar-refractivity contribution >= 4 is 73.7 Å². The Morgan fingerprint density at radius 2 is 1.35 bits per heavy atom. The van der Waals surface area contributed by atoms with Crippen LogP contribution in [0.3, 0.4) is 0 Å². The van der Waals surface area contributed by atoms with E-state index in [0.29, 0.717) is 16.9 Å². The topological polar surface area (TPSA) is 193 Å². The predicted molar refractivity (Wildman–Crippen MR) is 113 cm³/mol. The van der Waals surface area contributed by atoms with E-state index in [1.54, 1.807) is 13.8 Å². The zero-order chi connectivity index (χ0) is 24.0. The molecule has 0 amide bonds. The van der Waals surface area contributed by atoms with Crippen LogP contribution >= 0.6 is 0 Å². The van der Waals surface area contributed by atoms with Crippen molar-refractivity contribution in [2.45, 2.75) is 13.8 Å². The van der Waals surface area contributed by atoms with Gasteiger partial charge in [0.15, 0.2) is 23.0 Å². The third kappa shape index (κ3) is 13.8. The van der Waals surface area contributed by atoms with Gasteiger partial charge in [-0.1, -0.05) is 0 Å². The molecule has 1 aromatic rings. The Morgan fingerprint density at radius 1 is 0.871 bits per heavy atom. The van der Waals surface area contributed by atoms with Crippen molar-refractivity contribution < 1.29 is 51.6 Å². The van der Waals surface area contributed by atoms with Crippen LogP contribution in [0.15, 0.2) is 35.6 Å². The van der Waals surface area contributed by atoms with Gasteiger partial charge < -0.3 is 25.2 Å². The third-order valence-electron chi connectivity index (χ3n) is 3.02. The monoisotopic (exact) mass is 498 g/mol. The summed E-state index contributed by atoms with van der Waals surface area (Å²) in [7, 11) is -3.09. The number of hydrogen-bond acceptors (Lipinski definition) is 10. The van der Waals surface area contributed by atoms with Gasteiger partial charge in [-0.05, 0) is 31.6 Å². The van der Waals surface area contributed by atoms with Crippen LogP contribution in [0.5, 0.6) is 17.2 Å².